The van der Waals surface area contributed by atoms with Gasteiger partial charge >= 0.3 is 5.97 Å². The molecule has 114 valence electrons. The Balaban J connectivity index is 2.18. The largest absolute Gasteiger partial charge is 0.426 e. The van der Waals surface area contributed by atoms with Crippen LogP contribution in [-0.2, 0) is 4.79 Å². The molecular formula is C19H20O3. The summed E-state index contributed by atoms with van der Waals surface area (Å²) >= 11 is 0. The SMILES string of the molecule is CC(C)CC(C(=O)Oc1ccccc1)C(=O)c1ccccc1. The van der Waals surface area contributed by atoms with Crippen molar-refractivity contribution >= 4 is 11.8 Å². The number of carbonyl (C=O) groups excluding carboxylic acids is 2. The molecular weight excluding hydrogens is 276 g/mol. The number of Topliss-reactive ketones (excluding diaryl/α,β-unsaturated/α-hetero) is 1. The van der Waals surface area contributed by atoms with Gasteiger partial charge in [-0.3, -0.25) is 9.59 Å². The van der Waals surface area contributed by atoms with Crippen LogP contribution < -0.4 is 4.74 Å². The molecule has 0 saturated carbocycles. The standard InChI is InChI=1S/C19H20O3/c1-14(2)13-17(18(20)15-9-5-3-6-10-15)19(21)22-16-11-7-4-8-12-16/h3-12,14,17H,13H2,1-2H3. The number of para-hydroxylation sites is 1. The molecule has 0 heterocycles. The van der Waals surface area contributed by atoms with Crippen molar-refractivity contribution in [1.82, 2.24) is 0 Å². The van der Waals surface area contributed by atoms with E-state index < -0.39 is 11.9 Å². The molecule has 22 heavy (non-hydrogen) atoms. The molecule has 0 aliphatic rings. The van der Waals surface area contributed by atoms with E-state index in [1.807, 2.05) is 26.0 Å². The van der Waals surface area contributed by atoms with Gasteiger partial charge in [0.1, 0.15) is 11.7 Å². The molecule has 0 spiro atoms. The van der Waals surface area contributed by atoms with Gasteiger partial charge in [0.25, 0.3) is 0 Å². The molecule has 0 aliphatic heterocycles. The van der Waals surface area contributed by atoms with Gasteiger partial charge in [-0.25, -0.2) is 0 Å². The third-order valence-electron chi connectivity index (χ3n) is 3.33. The zero-order valence-corrected chi connectivity index (χ0v) is 12.9. The third kappa shape index (κ3) is 4.29. The van der Waals surface area contributed by atoms with Crippen LogP contribution >= 0.6 is 0 Å². The summed E-state index contributed by atoms with van der Waals surface area (Å²) in [6, 6.07) is 17.7. The van der Waals surface area contributed by atoms with E-state index in [1.54, 1.807) is 48.5 Å². The molecule has 2 aromatic carbocycles. The quantitative estimate of drug-likeness (QED) is 0.348. The molecule has 0 saturated heterocycles. The Morgan fingerprint density at radius 3 is 2.00 bits per heavy atom. The summed E-state index contributed by atoms with van der Waals surface area (Å²) < 4.78 is 5.36. The predicted molar refractivity (Wildman–Crippen MR) is 85.8 cm³/mol. The van der Waals surface area contributed by atoms with Crippen LogP contribution in [0.25, 0.3) is 0 Å². The zero-order valence-electron chi connectivity index (χ0n) is 12.9. The van der Waals surface area contributed by atoms with Crippen molar-refractivity contribution in [3.8, 4) is 5.75 Å². The summed E-state index contributed by atoms with van der Waals surface area (Å²) in [4.78, 5) is 25.0. The molecule has 0 fully saturated rings. The third-order valence-corrected chi connectivity index (χ3v) is 3.33. The van der Waals surface area contributed by atoms with E-state index in [-0.39, 0.29) is 11.7 Å². The van der Waals surface area contributed by atoms with E-state index in [4.69, 9.17) is 4.74 Å². The lowest BCUT2D eigenvalue weighted by Crippen LogP contribution is -2.29. The van der Waals surface area contributed by atoms with E-state index in [9.17, 15) is 9.59 Å². The van der Waals surface area contributed by atoms with Crippen molar-refractivity contribution in [2.24, 2.45) is 11.8 Å². The fourth-order valence-electron chi connectivity index (χ4n) is 2.26. The summed E-state index contributed by atoms with van der Waals surface area (Å²) in [5, 5.41) is 0. The van der Waals surface area contributed by atoms with Crippen molar-refractivity contribution in [1.29, 1.82) is 0 Å². The van der Waals surface area contributed by atoms with Crippen LogP contribution in [0, 0.1) is 11.8 Å². The lowest BCUT2D eigenvalue weighted by molar-refractivity contribution is -0.137. The maximum Gasteiger partial charge on any atom is 0.322 e. The average molecular weight is 296 g/mol. The summed E-state index contributed by atoms with van der Waals surface area (Å²) in [6.45, 7) is 3.97. The van der Waals surface area contributed by atoms with Crippen LogP contribution in [-0.4, -0.2) is 11.8 Å². The van der Waals surface area contributed by atoms with Gasteiger partial charge in [-0.1, -0.05) is 62.4 Å². The van der Waals surface area contributed by atoms with E-state index in [2.05, 4.69) is 0 Å². The number of ether oxygens (including phenoxy) is 1. The Morgan fingerprint density at radius 2 is 1.45 bits per heavy atom. The normalized spacial score (nSPS) is 12.0. The second kappa shape index (κ2) is 7.55. The molecule has 3 heteroatoms. The highest BCUT2D eigenvalue weighted by molar-refractivity contribution is 6.09. The van der Waals surface area contributed by atoms with Crippen LogP contribution in [0.15, 0.2) is 60.7 Å². The summed E-state index contributed by atoms with van der Waals surface area (Å²) in [5.74, 6) is -0.769. The van der Waals surface area contributed by atoms with Gasteiger partial charge < -0.3 is 4.74 Å². The number of hydrogen-bond donors (Lipinski definition) is 0. The highest BCUT2D eigenvalue weighted by Crippen LogP contribution is 2.21. The van der Waals surface area contributed by atoms with Gasteiger partial charge in [0.2, 0.25) is 0 Å². The van der Waals surface area contributed by atoms with Crippen molar-refractivity contribution in [3.05, 3.63) is 66.2 Å². The van der Waals surface area contributed by atoms with Gasteiger partial charge in [-0.05, 0) is 24.5 Å². The van der Waals surface area contributed by atoms with Crippen LogP contribution in [0.1, 0.15) is 30.6 Å². The van der Waals surface area contributed by atoms with Gasteiger partial charge in [-0.2, -0.15) is 0 Å². The summed E-state index contributed by atoms with van der Waals surface area (Å²) in [5.41, 5.74) is 0.540. The molecule has 0 N–H and O–H groups in total. The number of benzene rings is 2. The maximum atomic E-state index is 12.6. The molecule has 0 radical (unpaired) electrons. The first-order valence-corrected chi connectivity index (χ1v) is 7.44. The van der Waals surface area contributed by atoms with Gasteiger partial charge in [0.15, 0.2) is 5.78 Å². The monoisotopic (exact) mass is 296 g/mol. The van der Waals surface area contributed by atoms with Crippen molar-refractivity contribution in [3.63, 3.8) is 0 Å². The molecule has 3 nitrogen and oxygen atoms in total. The number of esters is 1. The lowest BCUT2D eigenvalue weighted by Gasteiger charge is -2.17. The first-order valence-electron chi connectivity index (χ1n) is 7.44. The van der Waals surface area contributed by atoms with Gasteiger partial charge in [-0.15, -0.1) is 0 Å². The Bertz CT molecular complexity index is 618. The lowest BCUT2D eigenvalue weighted by atomic mass is 9.90. The number of hydrogen-bond acceptors (Lipinski definition) is 3. The van der Waals surface area contributed by atoms with Gasteiger partial charge in [0, 0.05) is 5.56 Å². The molecule has 0 bridgehead atoms. The molecule has 0 amide bonds. The Morgan fingerprint density at radius 1 is 0.909 bits per heavy atom. The number of rotatable bonds is 6. The maximum absolute atomic E-state index is 12.6. The minimum Gasteiger partial charge on any atom is -0.426 e. The second-order valence-electron chi connectivity index (χ2n) is 5.65. The average Bonchev–Trinajstić information content (AvgIpc) is 2.53. The van der Waals surface area contributed by atoms with E-state index in [0.29, 0.717) is 17.7 Å². The molecule has 0 aliphatic carbocycles. The minimum absolute atomic E-state index is 0.185. The summed E-state index contributed by atoms with van der Waals surface area (Å²) in [6.07, 6.45) is 0.472. The number of ketones is 1. The molecule has 0 aromatic heterocycles. The first-order chi connectivity index (χ1) is 10.6. The molecule has 1 atom stereocenters. The van der Waals surface area contributed by atoms with Crippen LogP contribution in [0.4, 0.5) is 0 Å². The Kier molecular flexibility index (Phi) is 5.48. The topological polar surface area (TPSA) is 43.4 Å². The molecule has 2 aromatic rings. The number of carbonyl (C=O) groups is 2. The van der Waals surface area contributed by atoms with Crippen LogP contribution in [0.3, 0.4) is 0 Å². The van der Waals surface area contributed by atoms with E-state index >= 15 is 0 Å². The second-order valence-corrected chi connectivity index (χ2v) is 5.65. The van der Waals surface area contributed by atoms with Crippen molar-refractivity contribution < 1.29 is 14.3 Å². The highest BCUT2D eigenvalue weighted by atomic mass is 16.5. The zero-order chi connectivity index (χ0) is 15.9. The molecule has 2 rings (SSSR count). The first kappa shape index (κ1) is 16.0. The van der Waals surface area contributed by atoms with E-state index in [1.165, 1.54) is 0 Å². The Hall–Kier alpha value is -2.42. The molecule has 1 unspecified atom stereocenters. The Labute approximate surface area is 130 Å². The van der Waals surface area contributed by atoms with Crippen LogP contribution in [0.2, 0.25) is 0 Å². The fraction of sp³-hybridized carbons (Fsp3) is 0.263. The van der Waals surface area contributed by atoms with Crippen molar-refractivity contribution in [2.45, 2.75) is 20.3 Å². The van der Waals surface area contributed by atoms with Crippen LogP contribution in [0.5, 0.6) is 5.75 Å². The minimum atomic E-state index is -0.775. The smallest absolute Gasteiger partial charge is 0.322 e. The van der Waals surface area contributed by atoms with Crippen molar-refractivity contribution in [2.75, 3.05) is 0 Å². The van der Waals surface area contributed by atoms with E-state index in [0.717, 1.165) is 0 Å². The van der Waals surface area contributed by atoms with Gasteiger partial charge in [0.05, 0.1) is 0 Å². The fourth-order valence-corrected chi connectivity index (χ4v) is 2.26. The highest BCUT2D eigenvalue weighted by Gasteiger charge is 2.30. The summed E-state index contributed by atoms with van der Waals surface area (Å²) in [7, 11) is 0. The predicted octanol–water partition coefficient (Wildman–Crippen LogP) is 4.14.